The van der Waals surface area contributed by atoms with E-state index in [-0.39, 0.29) is 35.2 Å². The summed E-state index contributed by atoms with van der Waals surface area (Å²) in [7, 11) is 1.44. The van der Waals surface area contributed by atoms with Gasteiger partial charge >= 0.3 is 0 Å². The van der Waals surface area contributed by atoms with E-state index < -0.39 is 48.9 Å². The number of hydrogen-bond donors (Lipinski definition) is 4. The summed E-state index contributed by atoms with van der Waals surface area (Å²) in [5.41, 5.74) is 0.0417. The minimum Gasteiger partial charge on any atom is -0.497 e. The number of ether oxygens (including phenoxy) is 5. The first-order valence-corrected chi connectivity index (χ1v) is 9.98. The average Bonchev–Trinajstić information content (AvgIpc) is 3.32. The van der Waals surface area contributed by atoms with E-state index in [0.717, 1.165) is 0 Å². The van der Waals surface area contributed by atoms with Crippen LogP contribution in [0.4, 0.5) is 0 Å². The minimum atomic E-state index is -1.68. The van der Waals surface area contributed by atoms with Gasteiger partial charge in [0.25, 0.3) is 0 Å². The normalized spacial score (nSPS) is 26.0. The molecule has 5 atom stereocenters. The number of carbonyl (C=O) groups is 2. The van der Waals surface area contributed by atoms with Crippen LogP contribution in [0, 0.1) is 0 Å². The predicted molar refractivity (Wildman–Crippen MR) is 109 cm³/mol. The number of fused-ring (bicyclic) bond motifs is 1. The van der Waals surface area contributed by atoms with Gasteiger partial charge in [0.05, 0.1) is 13.7 Å². The van der Waals surface area contributed by atoms with Gasteiger partial charge in [0.15, 0.2) is 11.5 Å². The molecule has 0 aliphatic carbocycles. The Morgan fingerprint density at radius 2 is 1.76 bits per heavy atom. The number of aliphatic hydroxyl groups is 4. The average molecular weight is 462 g/mol. The molecule has 2 aromatic rings. The Morgan fingerprint density at radius 1 is 1.00 bits per heavy atom. The van der Waals surface area contributed by atoms with Crippen molar-refractivity contribution in [2.24, 2.45) is 0 Å². The van der Waals surface area contributed by atoms with Crippen LogP contribution >= 0.6 is 0 Å². The van der Waals surface area contributed by atoms with E-state index >= 15 is 0 Å². The second-order valence-electron chi connectivity index (χ2n) is 7.41. The molecule has 0 amide bonds. The van der Waals surface area contributed by atoms with Gasteiger partial charge in [0.1, 0.15) is 30.2 Å². The van der Waals surface area contributed by atoms with E-state index in [0.29, 0.717) is 5.75 Å². The number of rotatable bonds is 7. The maximum absolute atomic E-state index is 12.9. The minimum absolute atomic E-state index is 0.0772. The van der Waals surface area contributed by atoms with Crippen LogP contribution in [0.1, 0.15) is 20.7 Å². The fourth-order valence-electron chi connectivity index (χ4n) is 3.51. The largest absolute Gasteiger partial charge is 0.497 e. The fraction of sp³-hybridized carbons (Fsp3) is 0.364. The summed E-state index contributed by atoms with van der Waals surface area (Å²) >= 11 is 0. The number of Topliss-reactive ketones (excluding diaryl/α,β-unsaturated/α-hetero) is 2. The quantitative estimate of drug-likeness (QED) is 0.315. The zero-order valence-corrected chi connectivity index (χ0v) is 17.4. The van der Waals surface area contributed by atoms with Crippen LogP contribution in [0.15, 0.2) is 36.4 Å². The van der Waals surface area contributed by atoms with Crippen molar-refractivity contribution in [1.29, 1.82) is 0 Å². The molecule has 2 aliphatic heterocycles. The van der Waals surface area contributed by atoms with Crippen molar-refractivity contribution in [3.05, 3.63) is 47.5 Å². The Labute approximate surface area is 187 Å². The molecule has 4 N–H and O–H groups in total. The molecular weight excluding hydrogens is 440 g/mol. The molecule has 1 fully saturated rings. The van der Waals surface area contributed by atoms with Crippen molar-refractivity contribution in [1.82, 2.24) is 0 Å². The number of benzene rings is 2. The molecule has 1 saturated heterocycles. The lowest BCUT2D eigenvalue weighted by atomic mass is 9.99. The number of ketones is 2. The molecule has 11 heteroatoms. The number of carbonyl (C=O) groups excluding carboxylic acids is 2. The Balaban J connectivity index is 1.63. The SMILES string of the molecule is COc1cccc(C(=O)C(=O)c2cc3c(c(O[C@@H]4O[C@H](CO)[C@@H](O)[C@H](O)[C@H]4O)c2)OCO3)c1. The van der Waals surface area contributed by atoms with Gasteiger partial charge in [-0.25, -0.2) is 0 Å². The van der Waals surface area contributed by atoms with Crippen molar-refractivity contribution in [3.63, 3.8) is 0 Å². The summed E-state index contributed by atoms with van der Waals surface area (Å²) in [5.74, 6) is -1.13. The molecule has 0 aromatic heterocycles. The molecule has 0 spiro atoms. The van der Waals surface area contributed by atoms with Crippen LogP contribution in [-0.4, -0.2) is 83.2 Å². The Morgan fingerprint density at radius 3 is 2.48 bits per heavy atom. The standard InChI is InChI=1S/C22H22O11/c1-29-12-4-2-3-10(5-12)16(24)17(25)11-6-13-21(31-9-30-13)14(7-11)32-22-20(28)19(27)18(26)15(8-23)33-22/h2-7,15,18-20,22-23,26-28H,8-9H2,1H3/t15-,18-,19+,20-,22-/m1/s1. The third-order valence-corrected chi connectivity index (χ3v) is 5.33. The van der Waals surface area contributed by atoms with Gasteiger partial charge < -0.3 is 44.1 Å². The van der Waals surface area contributed by atoms with Crippen LogP contribution in [-0.2, 0) is 4.74 Å². The summed E-state index contributed by atoms with van der Waals surface area (Å²) in [4.78, 5) is 25.7. The van der Waals surface area contributed by atoms with Crippen LogP contribution in [0.3, 0.4) is 0 Å². The highest BCUT2D eigenvalue weighted by atomic mass is 16.7. The highest BCUT2D eigenvalue weighted by Gasteiger charge is 2.45. The first kappa shape index (κ1) is 23.0. The van der Waals surface area contributed by atoms with Gasteiger partial charge in [-0.2, -0.15) is 0 Å². The van der Waals surface area contributed by atoms with E-state index in [1.165, 1.54) is 31.4 Å². The highest BCUT2D eigenvalue weighted by molar-refractivity contribution is 6.49. The first-order valence-electron chi connectivity index (χ1n) is 9.98. The molecule has 4 rings (SSSR count). The van der Waals surface area contributed by atoms with Gasteiger partial charge in [-0.05, 0) is 24.3 Å². The third kappa shape index (κ3) is 4.36. The number of methoxy groups -OCH3 is 1. The Hall–Kier alpha value is -3.22. The predicted octanol–water partition coefficient (Wildman–Crippen LogP) is -0.332. The Kier molecular flexibility index (Phi) is 6.49. The van der Waals surface area contributed by atoms with Crippen molar-refractivity contribution < 1.29 is 53.7 Å². The second kappa shape index (κ2) is 9.33. The second-order valence-corrected chi connectivity index (χ2v) is 7.41. The zero-order chi connectivity index (χ0) is 23.7. The van der Waals surface area contributed by atoms with E-state index in [1.54, 1.807) is 12.1 Å². The van der Waals surface area contributed by atoms with Gasteiger partial charge in [-0.1, -0.05) is 12.1 Å². The summed E-state index contributed by atoms with van der Waals surface area (Å²) < 4.78 is 26.7. The Bertz CT molecular complexity index is 1050. The summed E-state index contributed by atoms with van der Waals surface area (Å²) in [5, 5.41) is 39.5. The van der Waals surface area contributed by atoms with E-state index in [9.17, 15) is 30.0 Å². The molecule has 176 valence electrons. The number of hydrogen-bond acceptors (Lipinski definition) is 11. The molecule has 2 aromatic carbocycles. The van der Waals surface area contributed by atoms with Gasteiger partial charge in [-0.3, -0.25) is 9.59 Å². The third-order valence-electron chi connectivity index (χ3n) is 5.33. The number of aliphatic hydroxyl groups excluding tert-OH is 4. The van der Waals surface area contributed by atoms with Crippen molar-refractivity contribution in [2.75, 3.05) is 20.5 Å². The van der Waals surface area contributed by atoms with E-state index in [2.05, 4.69) is 0 Å². The molecule has 0 unspecified atom stereocenters. The summed E-state index contributed by atoms with van der Waals surface area (Å²) in [6.45, 7) is -0.821. The first-order chi connectivity index (χ1) is 15.8. The van der Waals surface area contributed by atoms with Crippen LogP contribution in [0.5, 0.6) is 23.0 Å². The van der Waals surface area contributed by atoms with Crippen LogP contribution in [0.25, 0.3) is 0 Å². The van der Waals surface area contributed by atoms with Crippen molar-refractivity contribution in [3.8, 4) is 23.0 Å². The van der Waals surface area contributed by atoms with E-state index in [1.807, 2.05) is 0 Å². The molecular formula is C22H22O11. The molecule has 11 nitrogen and oxygen atoms in total. The zero-order valence-electron chi connectivity index (χ0n) is 17.4. The van der Waals surface area contributed by atoms with Crippen molar-refractivity contribution >= 4 is 11.6 Å². The summed E-state index contributed by atoms with van der Waals surface area (Å²) in [6, 6.07) is 8.65. The maximum atomic E-state index is 12.9. The fourth-order valence-corrected chi connectivity index (χ4v) is 3.51. The molecule has 0 radical (unpaired) electrons. The molecule has 2 aliphatic rings. The smallest absolute Gasteiger partial charge is 0.233 e. The molecule has 0 saturated carbocycles. The topological polar surface area (TPSA) is 161 Å². The molecule has 0 bridgehead atoms. The van der Waals surface area contributed by atoms with Crippen LogP contribution < -0.4 is 18.9 Å². The molecule has 2 heterocycles. The maximum Gasteiger partial charge on any atom is 0.233 e. The lowest BCUT2D eigenvalue weighted by Gasteiger charge is -2.39. The van der Waals surface area contributed by atoms with E-state index in [4.69, 9.17) is 23.7 Å². The molecule has 33 heavy (non-hydrogen) atoms. The lowest BCUT2D eigenvalue weighted by molar-refractivity contribution is -0.277. The van der Waals surface area contributed by atoms with Gasteiger partial charge in [0.2, 0.25) is 30.4 Å². The monoisotopic (exact) mass is 462 g/mol. The van der Waals surface area contributed by atoms with Gasteiger partial charge in [0, 0.05) is 11.1 Å². The van der Waals surface area contributed by atoms with Gasteiger partial charge in [-0.15, -0.1) is 0 Å². The van der Waals surface area contributed by atoms with Crippen LogP contribution in [0.2, 0.25) is 0 Å². The highest BCUT2D eigenvalue weighted by Crippen LogP contribution is 2.43. The summed E-state index contributed by atoms with van der Waals surface area (Å²) in [6.07, 6.45) is -7.63. The lowest BCUT2D eigenvalue weighted by Crippen LogP contribution is -2.60. The van der Waals surface area contributed by atoms with Crippen molar-refractivity contribution in [2.45, 2.75) is 30.7 Å².